The van der Waals surface area contributed by atoms with Crippen LogP contribution in [0.25, 0.3) is 5.69 Å². The summed E-state index contributed by atoms with van der Waals surface area (Å²) in [5.74, 6) is 0.385. The van der Waals surface area contributed by atoms with Gasteiger partial charge in [-0.05, 0) is 25.3 Å². The Morgan fingerprint density at radius 1 is 1.22 bits per heavy atom. The number of rotatable bonds is 7. The lowest BCUT2D eigenvalue weighted by molar-refractivity contribution is -0.115. The Balaban J connectivity index is 1.66. The van der Waals surface area contributed by atoms with Crippen molar-refractivity contribution in [3.63, 3.8) is 0 Å². The van der Waals surface area contributed by atoms with Gasteiger partial charge in [-0.1, -0.05) is 53.1 Å². The normalized spacial score (nSPS) is 10.9. The van der Waals surface area contributed by atoms with Crippen LogP contribution in [0.1, 0.15) is 12.1 Å². The van der Waals surface area contributed by atoms with Gasteiger partial charge >= 0.3 is 0 Å². The van der Waals surface area contributed by atoms with Gasteiger partial charge in [0.1, 0.15) is 5.69 Å². The van der Waals surface area contributed by atoms with E-state index in [2.05, 4.69) is 15.5 Å². The third-order valence-corrected chi connectivity index (χ3v) is 6.97. The number of benzene rings is 1. The first-order valence-electron chi connectivity index (χ1n) is 8.15. The molecule has 1 aromatic carbocycles. The van der Waals surface area contributed by atoms with E-state index >= 15 is 0 Å². The molecule has 0 aliphatic heterocycles. The number of anilines is 1. The molecule has 2 aromatic heterocycles. The van der Waals surface area contributed by atoms with Gasteiger partial charge in [0.2, 0.25) is 5.91 Å². The minimum atomic E-state index is -0.240. The maximum atomic E-state index is 12.8. The molecule has 0 radical (unpaired) electrons. The molecule has 0 bridgehead atoms. The predicted octanol–water partition coefficient (Wildman–Crippen LogP) is 3.18. The van der Waals surface area contributed by atoms with Crippen LogP contribution in [0.2, 0.25) is 0 Å². The second kappa shape index (κ2) is 8.77. The number of thioether (sulfide) groups is 2. The fourth-order valence-electron chi connectivity index (χ4n) is 2.48. The Kier molecular flexibility index (Phi) is 6.40. The summed E-state index contributed by atoms with van der Waals surface area (Å²) in [5, 5.41) is 10.9. The number of amides is 1. The lowest BCUT2D eigenvalue weighted by atomic mass is 10.3. The zero-order valence-electron chi connectivity index (χ0n) is 15.1. The molecule has 0 atom stereocenters. The van der Waals surface area contributed by atoms with Gasteiger partial charge in [-0.25, -0.2) is 4.68 Å². The van der Waals surface area contributed by atoms with Crippen LogP contribution in [0.3, 0.4) is 0 Å². The van der Waals surface area contributed by atoms with Gasteiger partial charge in [0.25, 0.3) is 5.56 Å². The summed E-state index contributed by atoms with van der Waals surface area (Å²) in [6.07, 6.45) is 2.24. The number of carbonyl (C=O) groups is 1. The van der Waals surface area contributed by atoms with Gasteiger partial charge in [-0.2, -0.15) is 0 Å². The van der Waals surface area contributed by atoms with E-state index in [4.69, 9.17) is 0 Å². The van der Waals surface area contributed by atoms with Crippen LogP contribution in [-0.2, 0) is 11.8 Å². The number of hydrogen-bond donors (Lipinski definition) is 1. The topological polar surface area (TPSA) is 81.8 Å². The van der Waals surface area contributed by atoms with Gasteiger partial charge < -0.3 is 5.32 Å². The van der Waals surface area contributed by atoms with E-state index in [1.807, 2.05) is 43.5 Å². The molecular formula is C17H19N5O2S3. The summed E-state index contributed by atoms with van der Waals surface area (Å²) < 4.78 is 5.04. The van der Waals surface area contributed by atoms with Crippen LogP contribution in [0.15, 0.2) is 43.8 Å². The first-order chi connectivity index (χ1) is 13.0. The molecule has 2 heterocycles. The maximum Gasteiger partial charge on any atom is 0.295 e. The highest BCUT2D eigenvalue weighted by Crippen LogP contribution is 2.27. The van der Waals surface area contributed by atoms with Crippen LogP contribution in [0, 0.1) is 6.92 Å². The molecule has 0 unspecified atom stereocenters. The third kappa shape index (κ3) is 4.45. The largest absolute Gasteiger partial charge is 0.320 e. The fraction of sp³-hybridized carbons (Fsp3) is 0.294. The van der Waals surface area contributed by atoms with E-state index in [0.29, 0.717) is 17.1 Å². The van der Waals surface area contributed by atoms with Crippen LogP contribution >= 0.6 is 34.9 Å². The molecule has 27 heavy (non-hydrogen) atoms. The minimum Gasteiger partial charge on any atom is -0.320 e. The molecule has 0 saturated carbocycles. The number of aromatic nitrogens is 4. The molecule has 3 rings (SSSR count). The Morgan fingerprint density at radius 3 is 2.59 bits per heavy atom. The summed E-state index contributed by atoms with van der Waals surface area (Å²) >= 11 is 4.55. The average Bonchev–Trinajstić information content (AvgIpc) is 3.21. The molecule has 7 nitrogen and oxygen atoms in total. The molecule has 10 heteroatoms. The summed E-state index contributed by atoms with van der Waals surface area (Å²) in [6.45, 7) is 1.82. The molecule has 0 aliphatic rings. The van der Waals surface area contributed by atoms with Crippen molar-refractivity contribution in [2.75, 3.05) is 17.3 Å². The van der Waals surface area contributed by atoms with Crippen molar-refractivity contribution >= 4 is 46.5 Å². The van der Waals surface area contributed by atoms with Gasteiger partial charge in [0.15, 0.2) is 8.68 Å². The van der Waals surface area contributed by atoms with E-state index in [9.17, 15) is 9.59 Å². The van der Waals surface area contributed by atoms with Gasteiger partial charge in [-0.15, -0.1) is 10.2 Å². The van der Waals surface area contributed by atoms with Crippen LogP contribution in [-0.4, -0.2) is 37.5 Å². The summed E-state index contributed by atoms with van der Waals surface area (Å²) in [6, 6.07) is 9.35. The molecule has 0 aliphatic carbocycles. The number of carbonyl (C=O) groups excluding carboxylic acids is 1. The number of nitrogens with one attached hydrogen (secondary N) is 1. The van der Waals surface area contributed by atoms with Gasteiger partial charge in [0.05, 0.1) is 11.4 Å². The van der Waals surface area contributed by atoms with Crippen LogP contribution < -0.4 is 10.9 Å². The van der Waals surface area contributed by atoms with E-state index < -0.39 is 0 Å². The van der Waals surface area contributed by atoms with Crippen molar-refractivity contribution < 1.29 is 4.79 Å². The van der Waals surface area contributed by atoms with E-state index in [-0.39, 0.29) is 17.9 Å². The summed E-state index contributed by atoms with van der Waals surface area (Å²) in [5.41, 5.74) is 1.54. The molecular weight excluding hydrogens is 402 g/mol. The maximum absolute atomic E-state index is 12.8. The standard InChI is InChI=1S/C17H19N5O2S3/c1-11-14(15(24)22(21(11)2)12-7-5-4-6-8-12)18-13(23)9-10-26-17-20-19-16(25-3)27-17/h4-8H,9-10H2,1-3H3,(H,18,23). The predicted molar refractivity (Wildman–Crippen MR) is 111 cm³/mol. The molecule has 1 N–H and O–H groups in total. The molecule has 3 aromatic rings. The monoisotopic (exact) mass is 421 g/mol. The number of nitrogens with zero attached hydrogens (tertiary/aromatic N) is 4. The lowest BCUT2D eigenvalue weighted by Gasteiger charge is -2.07. The highest BCUT2D eigenvalue weighted by atomic mass is 32.2. The van der Waals surface area contributed by atoms with Crippen molar-refractivity contribution in [3.05, 3.63) is 46.4 Å². The second-order valence-corrected chi connectivity index (χ2v) is 8.99. The average molecular weight is 422 g/mol. The van der Waals surface area contributed by atoms with Crippen molar-refractivity contribution in [1.29, 1.82) is 0 Å². The van der Waals surface area contributed by atoms with Crippen LogP contribution in [0.4, 0.5) is 5.69 Å². The van der Waals surface area contributed by atoms with E-state index in [0.717, 1.165) is 14.4 Å². The smallest absolute Gasteiger partial charge is 0.295 e. The molecule has 0 saturated heterocycles. The SMILES string of the molecule is CSc1nnc(SCCC(=O)Nc2c(C)n(C)n(-c3ccccc3)c2=O)s1. The van der Waals surface area contributed by atoms with Crippen molar-refractivity contribution in [2.45, 2.75) is 22.0 Å². The highest BCUT2D eigenvalue weighted by molar-refractivity contribution is 8.02. The summed E-state index contributed by atoms with van der Waals surface area (Å²) in [4.78, 5) is 25.1. The Morgan fingerprint density at radius 2 is 1.93 bits per heavy atom. The molecule has 0 fully saturated rings. The fourth-order valence-corrected chi connectivity index (χ4v) is 4.93. The van der Waals surface area contributed by atoms with Gasteiger partial charge in [0, 0.05) is 19.2 Å². The van der Waals surface area contributed by atoms with E-state index in [1.54, 1.807) is 28.2 Å². The zero-order chi connectivity index (χ0) is 19.4. The first-order valence-corrected chi connectivity index (χ1v) is 11.2. The van der Waals surface area contributed by atoms with Crippen molar-refractivity contribution in [3.8, 4) is 5.69 Å². The van der Waals surface area contributed by atoms with Crippen molar-refractivity contribution in [1.82, 2.24) is 19.6 Å². The molecule has 0 spiro atoms. The zero-order valence-corrected chi connectivity index (χ0v) is 17.6. The first kappa shape index (κ1) is 19.7. The Bertz CT molecular complexity index is 994. The van der Waals surface area contributed by atoms with Gasteiger partial charge in [-0.3, -0.25) is 14.3 Å². The highest BCUT2D eigenvalue weighted by Gasteiger charge is 2.18. The minimum absolute atomic E-state index is 0.192. The summed E-state index contributed by atoms with van der Waals surface area (Å²) in [7, 11) is 1.80. The quantitative estimate of drug-likeness (QED) is 0.590. The number of para-hydroxylation sites is 1. The third-order valence-electron chi connectivity index (χ3n) is 3.94. The molecule has 142 valence electrons. The Hall–Kier alpha value is -2.04. The van der Waals surface area contributed by atoms with Crippen molar-refractivity contribution in [2.24, 2.45) is 7.05 Å². The second-order valence-electron chi connectivity index (χ2n) is 5.62. The number of hydrogen-bond acceptors (Lipinski definition) is 7. The lowest BCUT2D eigenvalue weighted by Crippen LogP contribution is -2.23. The Labute approximate surface area is 169 Å². The van der Waals surface area contributed by atoms with E-state index in [1.165, 1.54) is 23.1 Å². The van der Waals surface area contributed by atoms with Crippen LogP contribution in [0.5, 0.6) is 0 Å². The molecule has 1 amide bonds.